The number of rotatable bonds is 3. The van der Waals surface area contributed by atoms with Crippen molar-refractivity contribution in [3.05, 3.63) is 18.0 Å². The van der Waals surface area contributed by atoms with E-state index in [-0.39, 0.29) is 11.8 Å². The number of amides is 2. The van der Waals surface area contributed by atoms with Gasteiger partial charge in [0.1, 0.15) is 6.26 Å². The van der Waals surface area contributed by atoms with Gasteiger partial charge in [-0.1, -0.05) is 5.16 Å². The highest BCUT2D eigenvalue weighted by Crippen LogP contribution is 2.26. The SMILES string of the molecule is CN1CCN(C(=O)C2CCCN(C3CCN(C(=O)c4ccon4)CC3)C2)CC1. The molecule has 0 aliphatic carbocycles. The van der Waals surface area contributed by atoms with Crippen LogP contribution in [-0.4, -0.2) is 102 Å². The van der Waals surface area contributed by atoms with Gasteiger partial charge < -0.3 is 19.2 Å². The van der Waals surface area contributed by atoms with Crippen LogP contribution in [0.2, 0.25) is 0 Å². The predicted octanol–water partition coefficient (Wildman–Crippen LogP) is 0.765. The third-order valence-electron chi connectivity index (χ3n) is 6.54. The average Bonchev–Trinajstić information content (AvgIpc) is 3.28. The molecular weight excluding hydrogens is 358 g/mol. The molecule has 4 rings (SSSR count). The van der Waals surface area contributed by atoms with Gasteiger partial charge in [-0.3, -0.25) is 14.5 Å². The van der Waals surface area contributed by atoms with Crippen molar-refractivity contribution < 1.29 is 14.1 Å². The number of carbonyl (C=O) groups excluding carboxylic acids is 2. The highest BCUT2D eigenvalue weighted by atomic mass is 16.5. The first-order valence-electron chi connectivity index (χ1n) is 10.5. The number of likely N-dealkylation sites (N-methyl/N-ethyl adjacent to an activating group) is 1. The zero-order valence-corrected chi connectivity index (χ0v) is 16.8. The van der Waals surface area contributed by atoms with Crippen molar-refractivity contribution in [2.24, 2.45) is 5.92 Å². The summed E-state index contributed by atoms with van der Waals surface area (Å²) >= 11 is 0. The smallest absolute Gasteiger partial charge is 0.276 e. The molecule has 0 bridgehead atoms. The minimum Gasteiger partial charge on any atom is -0.364 e. The molecule has 8 heteroatoms. The van der Waals surface area contributed by atoms with Crippen LogP contribution in [0.1, 0.15) is 36.2 Å². The van der Waals surface area contributed by atoms with Crippen LogP contribution in [0.15, 0.2) is 16.9 Å². The molecule has 28 heavy (non-hydrogen) atoms. The number of piperidine rings is 2. The van der Waals surface area contributed by atoms with Crippen LogP contribution in [-0.2, 0) is 4.79 Å². The van der Waals surface area contributed by atoms with E-state index in [1.54, 1.807) is 6.07 Å². The quantitative estimate of drug-likeness (QED) is 0.760. The minimum absolute atomic E-state index is 0.0473. The van der Waals surface area contributed by atoms with E-state index >= 15 is 0 Å². The van der Waals surface area contributed by atoms with Gasteiger partial charge in [-0.2, -0.15) is 0 Å². The van der Waals surface area contributed by atoms with E-state index in [2.05, 4.69) is 26.9 Å². The molecule has 3 saturated heterocycles. The molecule has 1 aromatic rings. The number of carbonyl (C=O) groups is 2. The maximum absolute atomic E-state index is 13.0. The summed E-state index contributed by atoms with van der Waals surface area (Å²) in [4.78, 5) is 34.1. The molecule has 3 aliphatic rings. The number of hydrogen-bond donors (Lipinski definition) is 0. The lowest BCUT2D eigenvalue weighted by molar-refractivity contribution is -0.139. The zero-order valence-electron chi connectivity index (χ0n) is 16.8. The molecular formula is C20H31N5O3. The molecule has 0 saturated carbocycles. The van der Waals surface area contributed by atoms with E-state index in [4.69, 9.17) is 4.52 Å². The zero-order chi connectivity index (χ0) is 19.5. The van der Waals surface area contributed by atoms with Gasteiger partial charge >= 0.3 is 0 Å². The fourth-order valence-corrected chi connectivity index (χ4v) is 4.74. The van der Waals surface area contributed by atoms with Gasteiger partial charge in [-0.25, -0.2) is 0 Å². The Hall–Kier alpha value is -1.93. The Morgan fingerprint density at radius 1 is 1.00 bits per heavy atom. The average molecular weight is 390 g/mol. The standard InChI is InChI=1S/C20H31N5O3/c1-22-10-12-24(13-11-22)19(26)16-3-2-7-25(15-16)17-4-8-23(9-5-17)20(27)18-6-14-28-21-18/h6,14,16-17H,2-5,7-13,15H2,1H3. The van der Waals surface area contributed by atoms with Gasteiger partial charge in [0, 0.05) is 57.9 Å². The number of hydrogen-bond acceptors (Lipinski definition) is 6. The Morgan fingerprint density at radius 3 is 2.43 bits per heavy atom. The van der Waals surface area contributed by atoms with Crippen LogP contribution in [0, 0.1) is 5.92 Å². The molecule has 0 radical (unpaired) electrons. The van der Waals surface area contributed by atoms with E-state index < -0.39 is 0 Å². The van der Waals surface area contributed by atoms with Crippen molar-refractivity contribution in [3.63, 3.8) is 0 Å². The fourth-order valence-electron chi connectivity index (χ4n) is 4.74. The van der Waals surface area contributed by atoms with Gasteiger partial charge in [0.2, 0.25) is 5.91 Å². The van der Waals surface area contributed by atoms with E-state index in [0.29, 0.717) is 17.6 Å². The van der Waals surface area contributed by atoms with Gasteiger partial charge in [0.25, 0.3) is 5.91 Å². The van der Waals surface area contributed by atoms with Gasteiger partial charge in [0.05, 0.1) is 5.92 Å². The molecule has 0 N–H and O–H groups in total. The summed E-state index contributed by atoms with van der Waals surface area (Å²) in [5.41, 5.74) is 0.384. The first-order chi connectivity index (χ1) is 13.6. The van der Waals surface area contributed by atoms with Crippen molar-refractivity contribution in [2.75, 3.05) is 59.4 Å². The molecule has 0 aromatic carbocycles. The largest absolute Gasteiger partial charge is 0.364 e. The highest BCUT2D eigenvalue weighted by molar-refractivity contribution is 5.92. The van der Waals surface area contributed by atoms with E-state index in [1.807, 2.05) is 4.90 Å². The number of nitrogens with zero attached hydrogens (tertiary/aromatic N) is 5. The number of likely N-dealkylation sites (tertiary alicyclic amines) is 2. The molecule has 8 nitrogen and oxygen atoms in total. The predicted molar refractivity (Wildman–Crippen MR) is 104 cm³/mol. The van der Waals surface area contributed by atoms with Crippen LogP contribution in [0.5, 0.6) is 0 Å². The van der Waals surface area contributed by atoms with Crippen LogP contribution in [0.4, 0.5) is 0 Å². The number of piperazine rings is 1. The highest BCUT2D eigenvalue weighted by Gasteiger charge is 2.35. The second-order valence-corrected chi connectivity index (χ2v) is 8.37. The Balaban J connectivity index is 1.28. The third kappa shape index (κ3) is 4.22. The second-order valence-electron chi connectivity index (χ2n) is 8.37. The van der Waals surface area contributed by atoms with E-state index in [0.717, 1.165) is 78.0 Å². The van der Waals surface area contributed by atoms with Crippen molar-refractivity contribution in [3.8, 4) is 0 Å². The topological polar surface area (TPSA) is 73.1 Å². The lowest BCUT2D eigenvalue weighted by Crippen LogP contribution is -2.54. The lowest BCUT2D eigenvalue weighted by Gasteiger charge is -2.43. The van der Waals surface area contributed by atoms with Crippen molar-refractivity contribution >= 4 is 11.8 Å². The van der Waals surface area contributed by atoms with Gasteiger partial charge in [-0.05, 0) is 39.3 Å². The van der Waals surface area contributed by atoms with Gasteiger partial charge in [0.15, 0.2) is 5.69 Å². The lowest BCUT2D eigenvalue weighted by atomic mass is 9.92. The summed E-state index contributed by atoms with van der Waals surface area (Å²) < 4.78 is 4.79. The van der Waals surface area contributed by atoms with Gasteiger partial charge in [-0.15, -0.1) is 0 Å². The summed E-state index contributed by atoms with van der Waals surface area (Å²) in [7, 11) is 2.11. The Morgan fingerprint density at radius 2 is 1.75 bits per heavy atom. The third-order valence-corrected chi connectivity index (χ3v) is 6.54. The number of aromatic nitrogens is 1. The molecule has 1 unspecified atom stereocenters. The van der Waals surface area contributed by atoms with E-state index in [9.17, 15) is 9.59 Å². The molecule has 0 spiro atoms. The normalized spacial score (nSPS) is 25.8. The molecule has 1 atom stereocenters. The molecule has 1 aromatic heterocycles. The maximum Gasteiger partial charge on any atom is 0.276 e. The summed E-state index contributed by atoms with van der Waals surface area (Å²) in [6.45, 7) is 7.07. The molecule has 4 heterocycles. The van der Waals surface area contributed by atoms with Crippen molar-refractivity contribution in [1.82, 2.24) is 24.8 Å². The Bertz CT molecular complexity index is 663. The molecule has 3 fully saturated rings. The second kappa shape index (κ2) is 8.61. The van der Waals surface area contributed by atoms with Crippen LogP contribution >= 0.6 is 0 Å². The molecule has 154 valence electrons. The molecule has 2 amide bonds. The van der Waals surface area contributed by atoms with Crippen molar-refractivity contribution in [1.29, 1.82) is 0 Å². The summed E-state index contributed by atoms with van der Waals surface area (Å²) in [6.07, 6.45) is 5.44. The fraction of sp³-hybridized carbons (Fsp3) is 0.750. The van der Waals surface area contributed by atoms with Crippen LogP contribution in [0.25, 0.3) is 0 Å². The van der Waals surface area contributed by atoms with Crippen molar-refractivity contribution in [2.45, 2.75) is 31.7 Å². The Kier molecular flexibility index (Phi) is 5.96. The first-order valence-corrected chi connectivity index (χ1v) is 10.5. The summed E-state index contributed by atoms with van der Waals surface area (Å²) in [5.74, 6) is 0.428. The summed E-state index contributed by atoms with van der Waals surface area (Å²) in [5, 5.41) is 3.76. The minimum atomic E-state index is -0.0473. The van der Waals surface area contributed by atoms with Crippen LogP contribution < -0.4 is 0 Å². The monoisotopic (exact) mass is 389 g/mol. The van der Waals surface area contributed by atoms with E-state index in [1.165, 1.54) is 6.26 Å². The van der Waals surface area contributed by atoms with Crippen LogP contribution in [0.3, 0.4) is 0 Å². The maximum atomic E-state index is 13.0. The summed E-state index contributed by atoms with van der Waals surface area (Å²) in [6, 6.07) is 2.08. The molecule has 3 aliphatic heterocycles. The Labute approximate surface area is 166 Å². The first kappa shape index (κ1) is 19.4.